The van der Waals surface area contributed by atoms with Crippen molar-refractivity contribution in [2.75, 3.05) is 18.9 Å². The number of rotatable bonds is 6. The van der Waals surface area contributed by atoms with Crippen molar-refractivity contribution in [2.45, 2.75) is 52.1 Å². The Morgan fingerprint density at radius 2 is 2.15 bits per heavy atom. The number of thiazole rings is 1. The molecule has 2 aliphatic carbocycles. The summed E-state index contributed by atoms with van der Waals surface area (Å²) < 4.78 is 13.2. The van der Waals surface area contributed by atoms with Crippen LogP contribution >= 0.6 is 11.3 Å². The number of nitrogens with zero attached hydrogens (tertiary/aromatic N) is 2. The molecule has 4 rings (SSSR count). The smallest absolute Gasteiger partial charge is 0.225 e. The molecule has 6 atom stereocenters. The zero-order valence-electron chi connectivity index (χ0n) is 19.8. The quantitative estimate of drug-likeness (QED) is 0.557. The van der Waals surface area contributed by atoms with Crippen LogP contribution in [0, 0.1) is 29.0 Å². The first-order valence-corrected chi connectivity index (χ1v) is 12.5. The number of amides is 1. The molecule has 0 spiro atoms. The van der Waals surface area contributed by atoms with Gasteiger partial charge in [-0.25, -0.2) is 9.37 Å². The molecule has 1 amide bonds. The number of anilines is 2. The Hall–Kier alpha value is -2.25. The lowest BCUT2D eigenvalue weighted by atomic mass is 9.53. The van der Waals surface area contributed by atoms with Gasteiger partial charge < -0.3 is 15.3 Å². The van der Waals surface area contributed by atoms with Crippen LogP contribution in [-0.2, 0) is 11.2 Å². The van der Waals surface area contributed by atoms with Gasteiger partial charge in [0.25, 0.3) is 0 Å². The average Bonchev–Trinajstić information content (AvgIpc) is 3.16. The third-order valence-corrected chi connectivity index (χ3v) is 8.82. The van der Waals surface area contributed by atoms with Crippen molar-refractivity contribution >= 4 is 28.1 Å². The molecule has 0 bridgehead atoms. The fourth-order valence-corrected chi connectivity index (χ4v) is 7.36. The monoisotopic (exact) mass is 471 g/mol. The lowest BCUT2D eigenvalue weighted by Crippen LogP contribution is -2.53. The highest BCUT2D eigenvalue weighted by atomic mass is 32.1. The molecule has 5 nitrogen and oxygen atoms in total. The van der Waals surface area contributed by atoms with Crippen LogP contribution in [0.15, 0.2) is 36.9 Å². The number of halogens is 1. The standard InChI is InChI=1S/C26H34FN3O2S/c1-6-13-30(5)24(32)15(2)19-11-12-26(4)14-20-22(16(3)21(26)23(19)31)29-25(33-20)28-18-9-7-17(27)8-10-18/h6-10,15-16,19,21,23,31H,1,11-14H2,2-5H3,(H,28,29)/t15-,16-,19+,21+,23-,26-/m0/s1. The maximum atomic E-state index is 13.2. The second-order valence-electron chi connectivity index (χ2n) is 10.1. The van der Waals surface area contributed by atoms with Crippen molar-refractivity contribution in [1.29, 1.82) is 0 Å². The van der Waals surface area contributed by atoms with Gasteiger partial charge in [0, 0.05) is 36.0 Å². The summed E-state index contributed by atoms with van der Waals surface area (Å²) in [6.07, 6.45) is 3.86. The third kappa shape index (κ3) is 4.45. The van der Waals surface area contributed by atoms with Gasteiger partial charge in [-0.15, -0.1) is 17.9 Å². The maximum Gasteiger partial charge on any atom is 0.225 e. The van der Waals surface area contributed by atoms with E-state index in [4.69, 9.17) is 4.98 Å². The van der Waals surface area contributed by atoms with Crippen LogP contribution in [0.2, 0.25) is 0 Å². The van der Waals surface area contributed by atoms with Gasteiger partial charge in [0.05, 0.1) is 11.8 Å². The van der Waals surface area contributed by atoms with E-state index in [1.54, 1.807) is 41.5 Å². The fourth-order valence-electron chi connectivity index (χ4n) is 6.07. The molecule has 2 aliphatic rings. The summed E-state index contributed by atoms with van der Waals surface area (Å²) in [6.45, 7) is 10.6. The van der Waals surface area contributed by atoms with Crippen LogP contribution in [0.3, 0.4) is 0 Å². The maximum absolute atomic E-state index is 13.2. The van der Waals surface area contributed by atoms with Crippen LogP contribution in [0.25, 0.3) is 0 Å². The van der Waals surface area contributed by atoms with Crippen LogP contribution < -0.4 is 5.32 Å². The number of carbonyl (C=O) groups excluding carboxylic acids is 1. The Morgan fingerprint density at radius 3 is 2.82 bits per heavy atom. The number of carbonyl (C=O) groups is 1. The number of likely N-dealkylation sites (N-methyl/N-ethyl adjacent to an activating group) is 1. The number of aliphatic hydroxyl groups excluding tert-OH is 1. The molecule has 1 heterocycles. The highest BCUT2D eigenvalue weighted by Crippen LogP contribution is 2.57. The summed E-state index contributed by atoms with van der Waals surface area (Å²) >= 11 is 1.65. The number of aromatic nitrogens is 1. The van der Waals surface area contributed by atoms with Crippen LogP contribution in [0.5, 0.6) is 0 Å². The van der Waals surface area contributed by atoms with E-state index in [2.05, 4.69) is 25.7 Å². The van der Waals surface area contributed by atoms with E-state index in [1.165, 1.54) is 17.0 Å². The van der Waals surface area contributed by atoms with Crippen molar-refractivity contribution in [1.82, 2.24) is 9.88 Å². The van der Waals surface area contributed by atoms with Crippen molar-refractivity contribution < 1.29 is 14.3 Å². The zero-order valence-corrected chi connectivity index (χ0v) is 20.7. The predicted octanol–water partition coefficient (Wildman–Crippen LogP) is 5.36. The molecule has 0 radical (unpaired) electrons. The van der Waals surface area contributed by atoms with Gasteiger partial charge in [-0.2, -0.15) is 0 Å². The van der Waals surface area contributed by atoms with E-state index in [-0.39, 0.29) is 40.8 Å². The summed E-state index contributed by atoms with van der Waals surface area (Å²) in [5.74, 6) is -0.381. The van der Waals surface area contributed by atoms with Gasteiger partial charge in [-0.3, -0.25) is 4.79 Å². The van der Waals surface area contributed by atoms with E-state index < -0.39 is 6.10 Å². The molecular weight excluding hydrogens is 437 g/mol. The highest BCUT2D eigenvalue weighted by molar-refractivity contribution is 7.15. The van der Waals surface area contributed by atoms with E-state index in [0.29, 0.717) is 6.54 Å². The van der Waals surface area contributed by atoms with Gasteiger partial charge in [0.15, 0.2) is 5.13 Å². The normalized spacial score (nSPS) is 29.5. The first-order valence-electron chi connectivity index (χ1n) is 11.7. The Labute approximate surface area is 199 Å². The van der Waals surface area contributed by atoms with Gasteiger partial charge >= 0.3 is 0 Å². The first kappa shape index (κ1) is 23.9. The molecule has 0 unspecified atom stereocenters. The molecule has 7 heteroatoms. The number of hydrogen-bond donors (Lipinski definition) is 2. The first-order chi connectivity index (χ1) is 15.6. The van der Waals surface area contributed by atoms with Crippen LogP contribution in [-0.4, -0.2) is 40.6 Å². The Kier molecular flexibility index (Phi) is 6.65. The van der Waals surface area contributed by atoms with Gasteiger partial charge in [0.1, 0.15) is 5.82 Å². The van der Waals surface area contributed by atoms with Crippen molar-refractivity contribution in [3.8, 4) is 0 Å². The summed E-state index contributed by atoms with van der Waals surface area (Å²) in [4.78, 5) is 20.7. The summed E-state index contributed by atoms with van der Waals surface area (Å²) in [5.41, 5.74) is 1.81. The molecule has 178 valence electrons. The zero-order chi connectivity index (χ0) is 23.9. The predicted molar refractivity (Wildman–Crippen MR) is 131 cm³/mol. The number of hydrogen-bond acceptors (Lipinski definition) is 5. The van der Waals surface area contributed by atoms with E-state index >= 15 is 0 Å². The molecule has 2 N–H and O–H groups in total. The molecule has 2 aromatic rings. The molecule has 1 saturated carbocycles. The highest BCUT2D eigenvalue weighted by Gasteiger charge is 2.54. The molecule has 33 heavy (non-hydrogen) atoms. The molecule has 1 aromatic heterocycles. The minimum atomic E-state index is -0.557. The fraction of sp³-hybridized carbons (Fsp3) is 0.538. The summed E-state index contributed by atoms with van der Waals surface area (Å²) in [6, 6.07) is 6.27. The van der Waals surface area contributed by atoms with Crippen LogP contribution in [0.4, 0.5) is 15.2 Å². The van der Waals surface area contributed by atoms with E-state index in [1.807, 2.05) is 6.92 Å². The minimum absolute atomic E-state index is 0.0300. The van der Waals surface area contributed by atoms with Crippen molar-refractivity contribution in [2.24, 2.45) is 23.2 Å². The number of aliphatic hydroxyl groups is 1. The Balaban J connectivity index is 1.56. The lowest BCUT2D eigenvalue weighted by Gasteiger charge is -2.53. The van der Waals surface area contributed by atoms with Gasteiger partial charge in [-0.1, -0.05) is 26.8 Å². The largest absolute Gasteiger partial charge is 0.392 e. The molecule has 1 fully saturated rings. The van der Waals surface area contributed by atoms with Crippen molar-refractivity contribution in [3.63, 3.8) is 0 Å². The molecule has 0 aliphatic heterocycles. The minimum Gasteiger partial charge on any atom is -0.392 e. The number of benzene rings is 1. The number of nitrogens with one attached hydrogen (secondary N) is 1. The Morgan fingerprint density at radius 1 is 1.45 bits per heavy atom. The second kappa shape index (κ2) is 9.18. The van der Waals surface area contributed by atoms with E-state index in [9.17, 15) is 14.3 Å². The molecule has 0 saturated heterocycles. The lowest BCUT2D eigenvalue weighted by molar-refractivity contribution is -0.143. The molecule has 1 aromatic carbocycles. The van der Waals surface area contributed by atoms with Crippen LogP contribution in [0.1, 0.15) is 50.1 Å². The third-order valence-electron chi connectivity index (χ3n) is 7.83. The van der Waals surface area contributed by atoms with E-state index in [0.717, 1.165) is 35.8 Å². The second-order valence-corrected chi connectivity index (χ2v) is 11.2. The SMILES string of the molecule is C=CCN(C)C(=O)[C@@H](C)[C@H]1CC[C@@]2(C)Cc3sc(Nc4ccc(F)cc4)nc3[C@@H](C)[C@@H]2[C@H]1O. The van der Waals surface area contributed by atoms with Crippen molar-refractivity contribution in [3.05, 3.63) is 53.3 Å². The van der Waals surface area contributed by atoms with Gasteiger partial charge in [0.2, 0.25) is 5.91 Å². The number of fused-ring (bicyclic) bond motifs is 2. The topological polar surface area (TPSA) is 65.5 Å². The molecular formula is C26H34FN3O2S. The average molecular weight is 472 g/mol. The summed E-state index contributed by atoms with van der Waals surface area (Å²) in [7, 11) is 1.79. The Bertz CT molecular complexity index is 1020. The van der Waals surface area contributed by atoms with Gasteiger partial charge in [-0.05, 0) is 60.8 Å². The summed E-state index contributed by atoms with van der Waals surface area (Å²) in [5, 5.41) is 15.7.